The van der Waals surface area contributed by atoms with Crippen LogP contribution in [0, 0.1) is 0 Å². The minimum Gasteiger partial charge on any atom is -0.467 e. The van der Waals surface area contributed by atoms with Gasteiger partial charge < -0.3 is 19.6 Å². The molecule has 4 aromatic rings. The smallest absolute Gasteiger partial charge is 0.277 e. The van der Waals surface area contributed by atoms with E-state index in [1.54, 1.807) is 19.2 Å². The maximum Gasteiger partial charge on any atom is 0.277 e. The zero-order valence-electron chi connectivity index (χ0n) is 15.5. The molecule has 0 aliphatic carbocycles. The Bertz CT molecular complexity index is 1130. The molecule has 0 aliphatic rings. The molecule has 0 unspecified atom stereocenters. The first kappa shape index (κ1) is 18.2. The third-order valence-corrected chi connectivity index (χ3v) is 4.21. The molecule has 0 bridgehead atoms. The number of aromatic nitrogens is 3. The fourth-order valence-corrected chi connectivity index (χ4v) is 2.77. The molecule has 0 saturated carbocycles. The van der Waals surface area contributed by atoms with Gasteiger partial charge in [-0.2, -0.15) is 5.10 Å². The molecule has 3 heterocycles. The molecular weight excluding hydrogens is 374 g/mol. The Morgan fingerprint density at radius 2 is 1.93 bits per heavy atom. The highest BCUT2D eigenvalue weighted by Gasteiger charge is 2.21. The van der Waals surface area contributed by atoms with Crippen molar-refractivity contribution in [3.05, 3.63) is 78.1 Å². The molecule has 0 atom stereocenters. The number of hydrogen-bond acceptors (Lipinski definition) is 6. The number of rotatable bonds is 6. The first-order valence-electron chi connectivity index (χ1n) is 8.78. The number of carbonyl (C=O) groups is 2. The lowest BCUT2D eigenvalue weighted by atomic mass is 10.1. The van der Waals surface area contributed by atoms with Crippen molar-refractivity contribution in [3.8, 4) is 11.3 Å². The van der Waals surface area contributed by atoms with Crippen molar-refractivity contribution in [2.45, 2.75) is 6.54 Å². The van der Waals surface area contributed by atoms with Crippen LogP contribution in [-0.2, 0) is 13.6 Å². The Kier molecular flexibility index (Phi) is 4.93. The Hall–Kier alpha value is -4.14. The van der Waals surface area contributed by atoms with Crippen LogP contribution in [0.25, 0.3) is 11.3 Å². The zero-order valence-corrected chi connectivity index (χ0v) is 15.5. The molecule has 29 heavy (non-hydrogen) atoms. The fourth-order valence-electron chi connectivity index (χ4n) is 2.77. The van der Waals surface area contributed by atoms with Crippen molar-refractivity contribution in [2.75, 3.05) is 5.32 Å². The molecule has 0 saturated heterocycles. The number of furan rings is 1. The summed E-state index contributed by atoms with van der Waals surface area (Å²) >= 11 is 0. The summed E-state index contributed by atoms with van der Waals surface area (Å²) in [5, 5.41) is 13.3. The number of amides is 2. The maximum absolute atomic E-state index is 12.6. The maximum atomic E-state index is 12.6. The normalized spacial score (nSPS) is 10.7. The molecule has 9 heteroatoms. The van der Waals surface area contributed by atoms with Crippen molar-refractivity contribution in [3.63, 3.8) is 0 Å². The molecule has 2 amide bonds. The lowest BCUT2D eigenvalue weighted by Gasteiger charge is -2.07. The van der Waals surface area contributed by atoms with Gasteiger partial charge in [0.25, 0.3) is 11.8 Å². The molecule has 0 aliphatic heterocycles. The van der Waals surface area contributed by atoms with Gasteiger partial charge in [-0.3, -0.25) is 14.3 Å². The largest absolute Gasteiger partial charge is 0.467 e. The third kappa shape index (κ3) is 3.93. The molecule has 4 rings (SSSR count). The van der Waals surface area contributed by atoms with Crippen LogP contribution in [0.2, 0.25) is 0 Å². The van der Waals surface area contributed by atoms with E-state index < -0.39 is 11.8 Å². The minimum absolute atomic E-state index is 0.0923. The molecule has 0 spiro atoms. The summed E-state index contributed by atoms with van der Waals surface area (Å²) in [5.41, 5.74) is 1.36. The second kappa shape index (κ2) is 7.85. The predicted molar refractivity (Wildman–Crippen MR) is 103 cm³/mol. The summed E-state index contributed by atoms with van der Waals surface area (Å²) in [6.07, 6.45) is 2.93. The highest BCUT2D eigenvalue weighted by Crippen LogP contribution is 2.21. The van der Waals surface area contributed by atoms with Crippen LogP contribution >= 0.6 is 0 Å². The van der Waals surface area contributed by atoms with Crippen molar-refractivity contribution >= 4 is 17.5 Å². The standard InChI is InChI=1S/C20H17N5O4/c1-25-18(20(27)21-11-14-8-5-9-28-14)16(12-22-25)23-19(26)15-10-17(29-24-15)13-6-3-2-4-7-13/h2-10,12H,11H2,1H3,(H,21,27)(H,23,26). The van der Waals surface area contributed by atoms with Crippen LogP contribution in [0.3, 0.4) is 0 Å². The molecular formula is C20H17N5O4. The number of nitrogens with one attached hydrogen (secondary N) is 2. The van der Waals surface area contributed by atoms with E-state index in [9.17, 15) is 9.59 Å². The van der Waals surface area contributed by atoms with Crippen LogP contribution in [0.4, 0.5) is 5.69 Å². The second-order valence-electron chi connectivity index (χ2n) is 6.19. The first-order valence-corrected chi connectivity index (χ1v) is 8.78. The first-order chi connectivity index (χ1) is 14.1. The van der Waals surface area contributed by atoms with Gasteiger partial charge >= 0.3 is 0 Å². The average molecular weight is 391 g/mol. The second-order valence-corrected chi connectivity index (χ2v) is 6.19. The summed E-state index contributed by atoms with van der Waals surface area (Å²) < 4.78 is 11.8. The van der Waals surface area contributed by atoms with Crippen molar-refractivity contribution in [1.82, 2.24) is 20.3 Å². The number of aryl methyl sites for hydroxylation is 1. The fraction of sp³-hybridized carbons (Fsp3) is 0.100. The molecule has 9 nitrogen and oxygen atoms in total. The lowest BCUT2D eigenvalue weighted by Crippen LogP contribution is -2.26. The summed E-state index contributed by atoms with van der Waals surface area (Å²) in [4.78, 5) is 25.1. The summed E-state index contributed by atoms with van der Waals surface area (Å²) in [6.45, 7) is 0.216. The van der Waals surface area contributed by atoms with Crippen molar-refractivity contribution < 1.29 is 18.5 Å². The Labute approximate surface area is 165 Å². The SMILES string of the molecule is Cn1ncc(NC(=O)c2cc(-c3ccccc3)on2)c1C(=O)NCc1ccco1. The van der Waals surface area contributed by atoms with Gasteiger partial charge in [-0.25, -0.2) is 0 Å². The Morgan fingerprint density at radius 1 is 1.10 bits per heavy atom. The zero-order chi connectivity index (χ0) is 20.2. The van der Waals surface area contributed by atoms with Gasteiger partial charge in [0.2, 0.25) is 0 Å². The van der Waals surface area contributed by atoms with E-state index in [-0.39, 0.29) is 23.6 Å². The average Bonchev–Trinajstić information content (AvgIpc) is 3.48. The molecule has 146 valence electrons. The van der Waals surface area contributed by atoms with Crippen LogP contribution in [-0.4, -0.2) is 26.8 Å². The van der Waals surface area contributed by atoms with Crippen molar-refractivity contribution in [2.24, 2.45) is 7.05 Å². The molecule has 2 N–H and O–H groups in total. The summed E-state index contributed by atoms with van der Waals surface area (Å²) in [7, 11) is 1.61. The van der Waals surface area contributed by atoms with Crippen LogP contribution in [0.5, 0.6) is 0 Å². The van der Waals surface area contributed by atoms with E-state index in [1.165, 1.54) is 23.2 Å². The van der Waals surface area contributed by atoms with Gasteiger partial charge in [0, 0.05) is 18.7 Å². The number of anilines is 1. The Balaban J connectivity index is 1.48. The number of hydrogen-bond donors (Lipinski definition) is 2. The van der Waals surface area contributed by atoms with Gasteiger partial charge in [0.1, 0.15) is 11.5 Å². The molecule has 3 aromatic heterocycles. The van der Waals surface area contributed by atoms with Crippen LogP contribution < -0.4 is 10.6 Å². The van der Waals surface area contributed by atoms with E-state index in [0.717, 1.165) is 5.56 Å². The summed E-state index contributed by atoms with van der Waals surface area (Å²) in [6, 6.07) is 14.3. The topological polar surface area (TPSA) is 115 Å². The monoisotopic (exact) mass is 391 g/mol. The van der Waals surface area contributed by atoms with E-state index in [4.69, 9.17) is 8.94 Å². The van der Waals surface area contributed by atoms with Crippen LogP contribution in [0.15, 0.2) is 69.9 Å². The lowest BCUT2D eigenvalue weighted by molar-refractivity contribution is 0.0939. The van der Waals surface area contributed by atoms with Gasteiger partial charge in [0.15, 0.2) is 11.5 Å². The van der Waals surface area contributed by atoms with E-state index in [1.807, 2.05) is 30.3 Å². The molecule has 0 fully saturated rings. The molecule has 1 aromatic carbocycles. The number of benzene rings is 1. The van der Waals surface area contributed by atoms with E-state index >= 15 is 0 Å². The predicted octanol–water partition coefficient (Wildman–Crippen LogP) is 2.85. The highest BCUT2D eigenvalue weighted by molar-refractivity contribution is 6.07. The Morgan fingerprint density at radius 3 is 2.69 bits per heavy atom. The highest BCUT2D eigenvalue weighted by atomic mass is 16.5. The van der Waals surface area contributed by atoms with Crippen LogP contribution in [0.1, 0.15) is 26.7 Å². The number of nitrogens with zero attached hydrogens (tertiary/aromatic N) is 3. The quantitative estimate of drug-likeness (QED) is 0.522. The minimum atomic E-state index is -0.510. The van der Waals surface area contributed by atoms with E-state index in [0.29, 0.717) is 11.5 Å². The molecule has 0 radical (unpaired) electrons. The van der Waals surface area contributed by atoms with Crippen molar-refractivity contribution in [1.29, 1.82) is 0 Å². The van der Waals surface area contributed by atoms with Gasteiger partial charge in [-0.1, -0.05) is 35.5 Å². The number of carbonyl (C=O) groups excluding carboxylic acids is 2. The van der Waals surface area contributed by atoms with Gasteiger partial charge in [-0.05, 0) is 12.1 Å². The van der Waals surface area contributed by atoms with Gasteiger partial charge in [-0.15, -0.1) is 0 Å². The summed E-state index contributed by atoms with van der Waals surface area (Å²) in [5.74, 6) is 0.173. The third-order valence-electron chi connectivity index (χ3n) is 4.21. The van der Waals surface area contributed by atoms with E-state index in [2.05, 4.69) is 20.9 Å². The van der Waals surface area contributed by atoms with Gasteiger partial charge in [0.05, 0.1) is 24.7 Å².